The van der Waals surface area contributed by atoms with Crippen molar-refractivity contribution in [2.75, 3.05) is 0 Å². The topological polar surface area (TPSA) is 68.3 Å². The van der Waals surface area contributed by atoms with Crippen LogP contribution in [-0.4, -0.2) is 23.0 Å². The third-order valence-electron chi connectivity index (χ3n) is 3.87. The molecule has 0 fully saturated rings. The van der Waals surface area contributed by atoms with Crippen LogP contribution in [0.25, 0.3) is 10.9 Å². The Morgan fingerprint density at radius 3 is 2.62 bits per heavy atom. The molecular formula is C20H17ClN2O3. The summed E-state index contributed by atoms with van der Waals surface area (Å²) >= 11 is 6.05. The zero-order chi connectivity index (χ0) is 18.5. The first-order chi connectivity index (χ1) is 12.5. The summed E-state index contributed by atoms with van der Waals surface area (Å²) in [5.74, 6) is -1.05. The summed E-state index contributed by atoms with van der Waals surface area (Å²) in [5.41, 5.74) is 1.64. The van der Waals surface area contributed by atoms with Crippen molar-refractivity contribution < 1.29 is 14.3 Å². The first kappa shape index (κ1) is 17.9. The average molecular weight is 369 g/mol. The Kier molecular flexibility index (Phi) is 5.49. The van der Waals surface area contributed by atoms with Crippen LogP contribution < -0.4 is 5.32 Å². The molecule has 0 bridgehead atoms. The fourth-order valence-corrected chi connectivity index (χ4v) is 2.62. The van der Waals surface area contributed by atoms with E-state index in [4.69, 9.17) is 16.3 Å². The van der Waals surface area contributed by atoms with Gasteiger partial charge in [-0.3, -0.25) is 4.79 Å². The highest BCUT2D eigenvalue weighted by Crippen LogP contribution is 2.15. The number of halogens is 1. The normalized spacial score (nSPS) is 11.8. The number of esters is 1. The van der Waals surface area contributed by atoms with Gasteiger partial charge in [-0.15, -0.1) is 0 Å². The molecule has 0 radical (unpaired) electrons. The number of carbonyl (C=O) groups excluding carboxylic acids is 2. The predicted molar refractivity (Wildman–Crippen MR) is 99.9 cm³/mol. The molecule has 5 nitrogen and oxygen atoms in total. The van der Waals surface area contributed by atoms with Gasteiger partial charge in [0, 0.05) is 17.0 Å². The molecule has 0 aliphatic rings. The lowest BCUT2D eigenvalue weighted by Crippen LogP contribution is -2.35. The summed E-state index contributed by atoms with van der Waals surface area (Å²) in [6, 6.07) is 18.0. The molecular weight excluding hydrogens is 352 g/mol. The van der Waals surface area contributed by atoms with E-state index in [2.05, 4.69) is 10.3 Å². The molecule has 0 saturated carbocycles. The number of rotatable bonds is 5. The molecule has 1 N–H and O–H groups in total. The number of benzene rings is 2. The smallest absolute Gasteiger partial charge is 0.357 e. The maximum absolute atomic E-state index is 12.2. The maximum Gasteiger partial charge on any atom is 0.357 e. The van der Waals surface area contributed by atoms with E-state index >= 15 is 0 Å². The molecule has 0 aliphatic heterocycles. The first-order valence-electron chi connectivity index (χ1n) is 8.12. The van der Waals surface area contributed by atoms with E-state index in [-0.39, 0.29) is 12.2 Å². The van der Waals surface area contributed by atoms with Gasteiger partial charge in [0.25, 0.3) is 5.91 Å². The van der Waals surface area contributed by atoms with E-state index in [1.165, 1.54) is 6.92 Å². The molecule has 1 heterocycles. The van der Waals surface area contributed by atoms with Gasteiger partial charge in [-0.05, 0) is 30.7 Å². The van der Waals surface area contributed by atoms with Crippen LogP contribution in [0, 0.1) is 0 Å². The van der Waals surface area contributed by atoms with Gasteiger partial charge in [0.15, 0.2) is 6.10 Å². The van der Waals surface area contributed by atoms with Gasteiger partial charge in [-0.25, -0.2) is 9.78 Å². The van der Waals surface area contributed by atoms with Crippen LogP contribution in [0.5, 0.6) is 0 Å². The molecule has 0 aliphatic carbocycles. The Balaban J connectivity index is 1.60. The highest BCUT2D eigenvalue weighted by molar-refractivity contribution is 6.31. The third-order valence-corrected chi connectivity index (χ3v) is 4.24. The number of ether oxygens (including phenoxy) is 1. The molecule has 1 amide bonds. The number of fused-ring (bicyclic) bond motifs is 1. The fraction of sp³-hybridized carbons (Fsp3) is 0.150. The minimum atomic E-state index is -0.946. The number of hydrogen-bond donors (Lipinski definition) is 1. The van der Waals surface area contributed by atoms with Crippen molar-refractivity contribution in [3.05, 3.63) is 76.9 Å². The van der Waals surface area contributed by atoms with E-state index in [9.17, 15) is 9.59 Å². The van der Waals surface area contributed by atoms with Gasteiger partial charge >= 0.3 is 5.97 Å². The standard InChI is InChI=1S/C20H17ClN2O3/c1-13(19(24)22-12-15-7-2-4-8-16(15)21)26-20(25)18-11-10-14-6-3-5-9-17(14)23-18/h2-11,13H,12H2,1H3,(H,22,24). The lowest BCUT2D eigenvalue weighted by Gasteiger charge is -2.14. The number of carbonyl (C=O) groups is 2. The van der Waals surface area contributed by atoms with Crippen molar-refractivity contribution >= 4 is 34.4 Å². The molecule has 0 spiro atoms. The second kappa shape index (κ2) is 7.97. The molecule has 0 saturated heterocycles. The number of aromatic nitrogens is 1. The Morgan fingerprint density at radius 2 is 1.81 bits per heavy atom. The van der Waals surface area contributed by atoms with Crippen LogP contribution in [0.1, 0.15) is 23.0 Å². The van der Waals surface area contributed by atoms with Crippen LogP contribution >= 0.6 is 11.6 Å². The molecule has 2 aromatic carbocycles. The highest BCUT2D eigenvalue weighted by atomic mass is 35.5. The van der Waals surface area contributed by atoms with Crippen LogP contribution in [-0.2, 0) is 16.1 Å². The Labute approximate surface area is 156 Å². The van der Waals surface area contributed by atoms with Crippen molar-refractivity contribution in [1.29, 1.82) is 0 Å². The fourth-order valence-electron chi connectivity index (χ4n) is 2.42. The molecule has 132 valence electrons. The number of para-hydroxylation sites is 1. The molecule has 1 unspecified atom stereocenters. The van der Waals surface area contributed by atoms with Crippen LogP contribution in [0.4, 0.5) is 0 Å². The summed E-state index contributed by atoms with van der Waals surface area (Å²) in [6.07, 6.45) is -0.946. The maximum atomic E-state index is 12.2. The van der Waals surface area contributed by atoms with Crippen molar-refractivity contribution in [2.24, 2.45) is 0 Å². The monoisotopic (exact) mass is 368 g/mol. The summed E-state index contributed by atoms with van der Waals surface area (Å²) in [5, 5.41) is 4.20. The molecule has 6 heteroatoms. The summed E-state index contributed by atoms with van der Waals surface area (Å²) < 4.78 is 5.22. The number of pyridine rings is 1. The van der Waals surface area contributed by atoms with E-state index in [1.807, 2.05) is 42.5 Å². The third kappa shape index (κ3) is 4.18. The van der Waals surface area contributed by atoms with Crippen LogP contribution in [0.15, 0.2) is 60.7 Å². The van der Waals surface area contributed by atoms with Crippen molar-refractivity contribution in [1.82, 2.24) is 10.3 Å². The number of nitrogens with one attached hydrogen (secondary N) is 1. The lowest BCUT2D eigenvalue weighted by molar-refractivity contribution is -0.129. The molecule has 1 atom stereocenters. The summed E-state index contributed by atoms with van der Waals surface area (Å²) in [6.45, 7) is 1.77. The Bertz CT molecular complexity index is 958. The molecule has 26 heavy (non-hydrogen) atoms. The van der Waals surface area contributed by atoms with Gasteiger partial charge in [0.05, 0.1) is 5.52 Å². The zero-order valence-corrected chi connectivity index (χ0v) is 14.9. The van der Waals surface area contributed by atoms with Gasteiger partial charge in [-0.1, -0.05) is 54.1 Å². The summed E-state index contributed by atoms with van der Waals surface area (Å²) in [7, 11) is 0. The zero-order valence-electron chi connectivity index (χ0n) is 14.1. The molecule has 3 rings (SSSR count). The SMILES string of the molecule is CC(OC(=O)c1ccc2ccccc2n1)C(=O)NCc1ccccc1Cl. The second-order valence-corrected chi connectivity index (χ2v) is 6.15. The van der Waals surface area contributed by atoms with E-state index < -0.39 is 18.0 Å². The first-order valence-corrected chi connectivity index (χ1v) is 8.50. The Morgan fingerprint density at radius 1 is 1.08 bits per heavy atom. The average Bonchev–Trinajstić information content (AvgIpc) is 2.66. The van der Waals surface area contributed by atoms with Crippen molar-refractivity contribution in [3.63, 3.8) is 0 Å². The van der Waals surface area contributed by atoms with E-state index in [1.54, 1.807) is 18.2 Å². The Hall–Kier alpha value is -2.92. The van der Waals surface area contributed by atoms with Crippen LogP contribution in [0.3, 0.4) is 0 Å². The van der Waals surface area contributed by atoms with Crippen LogP contribution in [0.2, 0.25) is 5.02 Å². The number of nitrogens with zero attached hydrogens (tertiary/aromatic N) is 1. The van der Waals surface area contributed by atoms with E-state index in [0.29, 0.717) is 10.5 Å². The van der Waals surface area contributed by atoms with Gasteiger partial charge in [0.2, 0.25) is 0 Å². The second-order valence-electron chi connectivity index (χ2n) is 5.75. The van der Waals surface area contributed by atoms with Crippen molar-refractivity contribution in [2.45, 2.75) is 19.6 Å². The minimum Gasteiger partial charge on any atom is -0.448 e. The van der Waals surface area contributed by atoms with Gasteiger partial charge in [-0.2, -0.15) is 0 Å². The number of amides is 1. The quantitative estimate of drug-likeness (QED) is 0.696. The van der Waals surface area contributed by atoms with Crippen molar-refractivity contribution in [3.8, 4) is 0 Å². The largest absolute Gasteiger partial charge is 0.448 e. The number of hydrogen-bond acceptors (Lipinski definition) is 4. The molecule has 1 aromatic heterocycles. The summed E-state index contributed by atoms with van der Waals surface area (Å²) in [4.78, 5) is 28.7. The van der Waals surface area contributed by atoms with Gasteiger partial charge < -0.3 is 10.1 Å². The lowest BCUT2D eigenvalue weighted by atomic mass is 10.2. The predicted octanol–water partition coefficient (Wildman–Crippen LogP) is 3.75. The highest BCUT2D eigenvalue weighted by Gasteiger charge is 2.20. The van der Waals surface area contributed by atoms with E-state index in [0.717, 1.165) is 10.9 Å². The minimum absolute atomic E-state index is 0.162. The van der Waals surface area contributed by atoms with Gasteiger partial charge in [0.1, 0.15) is 5.69 Å². The molecule has 3 aromatic rings.